The fraction of sp³-hybridized carbons (Fsp3) is 0.579. The number of carbonyl (C=O) groups excluding carboxylic acids is 1. The Balaban J connectivity index is 1.60. The van der Waals surface area contributed by atoms with Crippen molar-refractivity contribution in [3.63, 3.8) is 0 Å². The van der Waals surface area contributed by atoms with E-state index in [1.54, 1.807) is 19.1 Å². The van der Waals surface area contributed by atoms with Gasteiger partial charge in [0.15, 0.2) is 0 Å². The van der Waals surface area contributed by atoms with Crippen LogP contribution in [-0.2, 0) is 23.8 Å². The van der Waals surface area contributed by atoms with Crippen molar-refractivity contribution in [2.24, 2.45) is 11.1 Å². The Kier molecular flexibility index (Phi) is 7.53. The molecule has 0 aromatic heterocycles. The van der Waals surface area contributed by atoms with Gasteiger partial charge in [-0.25, -0.2) is 9.18 Å². The van der Waals surface area contributed by atoms with Gasteiger partial charge >= 0.3 is 5.97 Å². The van der Waals surface area contributed by atoms with Crippen LogP contribution in [0, 0.1) is 11.7 Å². The molecule has 0 N–H and O–H groups in total. The lowest BCUT2D eigenvalue weighted by atomic mass is 10.0. The van der Waals surface area contributed by atoms with Crippen LogP contribution >= 0.6 is 0 Å². The molecular formula is C19H26FNO5. The van der Waals surface area contributed by atoms with E-state index in [0.717, 1.165) is 24.8 Å². The van der Waals surface area contributed by atoms with Gasteiger partial charge in [-0.3, -0.25) is 0 Å². The molecular weight excluding hydrogens is 341 g/mol. The van der Waals surface area contributed by atoms with Gasteiger partial charge in [-0.1, -0.05) is 17.3 Å². The highest BCUT2D eigenvalue weighted by molar-refractivity contribution is 5.98. The first kappa shape index (κ1) is 20.3. The molecule has 1 aliphatic heterocycles. The molecule has 0 atom stereocenters. The number of carbonyl (C=O) groups is 1. The van der Waals surface area contributed by atoms with Crippen LogP contribution in [0.4, 0.5) is 4.39 Å². The first-order chi connectivity index (χ1) is 12.4. The zero-order valence-electron chi connectivity index (χ0n) is 15.5. The molecule has 144 valence electrons. The van der Waals surface area contributed by atoms with Crippen LogP contribution in [0.2, 0.25) is 0 Å². The molecule has 26 heavy (non-hydrogen) atoms. The quantitative estimate of drug-likeness (QED) is 0.305. The summed E-state index contributed by atoms with van der Waals surface area (Å²) in [6.07, 6.45) is 2.71. The van der Waals surface area contributed by atoms with Crippen molar-refractivity contribution in [2.45, 2.75) is 38.9 Å². The Morgan fingerprint density at radius 3 is 2.54 bits per heavy atom. The Morgan fingerprint density at radius 2 is 1.92 bits per heavy atom. The molecule has 2 rings (SSSR count). The second-order valence-corrected chi connectivity index (χ2v) is 6.44. The van der Waals surface area contributed by atoms with E-state index in [2.05, 4.69) is 9.89 Å². The molecule has 0 saturated carbocycles. The smallest absolute Gasteiger partial charge is 0.366 e. The number of benzene rings is 1. The molecule has 6 nitrogen and oxygen atoms in total. The largest absolute Gasteiger partial charge is 0.465 e. The van der Waals surface area contributed by atoms with Gasteiger partial charge in [0.05, 0.1) is 26.0 Å². The van der Waals surface area contributed by atoms with Crippen molar-refractivity contribution in [1.82, 2.24) is 0 Å². The van der Waals surface area contributed by atoms with Crippen molar-refractivity contribution >= 4 is 11.7 Å². The minimum atomic E-state index is -1.29. The van der Waals surface area contributed by atoms with Crippen LogP contribution in [-0.4, -0.2) is 44.4 Å². The summed E-state index contributed by atoms with van der Waals surface area (Å²) in [5, 5.41) is 4.05. The second-order valence-electron chi connectivity index (χ2n) is 6.44. The molecule has 1 aromatic carbocycles. The van der Waals surface area contributed by atoms with E-state index in [9.17, 15) is 9.18 Å². The lowest BCUT2D eigenvalue weighted by molar-refractivity contribution is -0.272. The van der Waals surface area contributed by atoms with Crippen LogP contribution in [0.1, 0.15) is 38.7 Å². The summed E-state index contributed by atoms with van der Waals surface area (Å²) in [4.78, 5) is 16.9. The van der Waals surface area contributed by atoms with Gasteiger partial charge in [0, 0.05) is 12.8 Å². The van der Waals surface area contributed by atoms with E-state index in [-0.39, 0.29) is 11.7 Å². The number of hydrogen-bond donors (Lipinski definition) is 0. The van der Waals surface area contributed by atoms with Crippen molar-refractivity contribution in [2.75, 3.05) is 26.9 Å². The molecule has 1 aromatic rings. The van der Waals surface area contributed by atoms with Gasteiger partial charge in [0.25, 0.3) is 5.79 Å². The number of unbranched alkanes of at least 4 members (excludes halogenated alkanes) is 1. The average Bonchev–Trinajstić information content (AvgIpc) is 2.65. The third kappa shape index (κ3) is 5.78. The number of oxime groups is 1. The maximum atomic E-state index is 12.9. The Bertz CT molecular complexity index is 609. The van der Waals surface area contributed by atoms with E-state index >= 15 is 0 Å². The SMILES string of the molecule is COC(=O)C1(C)OCC(CCCCON=C(C)c2ccc(F)cc2)CO1. The van der Waals surface area contributed by atoms with Gasteiger partial charge < -0.3 is 19.0 Å². The molecule has 0 bridgehead atoms. The molecule has 0 amide bonds. The van der Waals surface area contributed by atoms with Crippen LogP contribution in [0.25, 0.3) is 0 Å². The summed E-state index contributed by atoms with van der Waals surface area (Å²) in [7, 11) is 1.31. The second kappa shape index (κ2) is 9.64. The fourth-order valence-corrected chi connectivity index (χ4v) is 2.60. The van der Waals surface area contributed by atoms with Gasteiger partial charge in [-0.15, -0.1) is 0 Å². The topological polar surface area (TPSA) is 66.4 Å². The summed E-state index contributed by atoms with van der Waals surface area (Å²) >= 11 is 0. The molecule has 0 aliphatic carbocycles. The van der Waals surface area contributed by atoms with Crippen molar-refractivity contribution in [1.29, 1.82) is 0 Å². The van der Waals surface area contributed by atoms with E-state index in [1.165, 1.54) is 19.2 Å². The number of ether oxygens (including phenoxy) is 3. The Morgan fingerprint density at radius 1 is 1.27 bits per heavy atom. The lowest BCUT2D eigenvalue weighted by Gasteiger charge is -2.35. The number of rotatable bonds is 8. The maximum Gasteiger partial charge on any atom is 0.366 e. The highest BCUT2D eigenvalue weighted by Crippen LogP contribution is 2.25. The average molecular weight is 367 g/mol. The minimum absolute atomic E-state index is 0.247. The van der Waals surface area contributed by atoms with Crippen LogP contribution in [0.3, 0.4) is 0 Å². The van der Waals surface area contributed by atoms with E-state index in [0.29, 0.717) is 25.5 Å². The monoisotopic (exact) mass is 367 g/mol. The number of nitrogens with zero attached hydrogens (tertiary/aromatic N) is 1. The van der Waals surface area contributed by atoms with Gasteiger partial charge in [0.1, 0.15) is 12.4 Å². The maximum absolute atomic E-state index is 12.9. The third-order valence-corrected chi connectivity index (χ3v) is 4.31. The summed E-state index contributed by atoms with van der Waals surface area (Å²) in [5.41, 5.74) is 1.54. The number of hydrogen-bond acceptors (Lipinski definition) is 6. The van der Waals surface area contributed by atoms with Crippen molar-refractivity contribution in [3.05, 3.63) is 35.6 Å². The number of esters is 1. The summed E-state index contributed by atoms with van der Waals surface area (Å²) in [6, 6.07) is 6.13. The Labute approximate surface area is 153 Å². The van der Waals surface area contributed by atoms with Crippen LogP contribution < -0.4 is 0 Å². The predicted octanol–water partition coefficient (Wildman–Crippen LogP) is 3.29. The van der Waals surface area contributed by atoms with Crippen molar-refractivity contribution in [3.8, 4) is 0 Å². The lowest BCUT2D eigenvalue weighted by Crippen LogP contribution is -2.48. The highest BCUT2D eigenvalue weighted by Gasteiger charge is 2.41. The van der Waals surface area contributed by atoms with Crippen LogP contribution in [0.15, 0.2) is 29.4 Å². The van der Waals surface area contributed by atoms with Gasteiger partial charge in [-0.2, -0.15) is 0 Å². The first-order valence-corrected chi connectivity index (χ1v) is 8.73. The first-order valence-electron chi connectivity index (χ1n) is 8.73. The fourth-order valence-electron chi connectivity index (χ4n) is 2.60. The summed E-state index contributed by atoms with van der Waals surface area (Å²) in [6.45, 7) is 4.84. The van der Waals surface area contributed by atoms with E-state index in [4.69, 9.17) is 14.3 Å². The molecule has 1 aliphatic rings. The third-order valence-electron chi connectivity index (χ3n) is 4.31. The standard InChI is InChI=1S/C19H26FNO5/c1-14(16-7-9-17(20)10-8-16)21-26-11-5-4-6-15-12-24-19(2,25-13-15)18(22)23-3/h7-10,15H,4-6,11-13H2,1-3H3. The summed E-state index contributed by atoms with van der Waals surface area (Å²) < 4.78 is 28.6. The molecule has 7 heteroatoms. The minimum Gasteiger partial charge on any atom is -0.465 e. The highest BCUT2D eigenvalue weighted by atomic mass is 19.1. The summed E-state index contributed by atoms with van der Waals surface area (Å²) in [5.74, 6) is -1.83. The zero-order chi connectivity index (χ0) is 19.0. The number of halogens is 1. The van der Waals surface area contributed by atoms with Gasteiger partial charge in [0.2, 0.25) is 0 Å². The predicted molar refractivity (Wildman–Crippen MR) is 94.2 cm³/mol. The number of methoxy groups -OCH3 is 1. The van der Waals surface area contributed by atoms with E-state index < -0.39 is 11.8 Å². The molecule has 0 radical (unpaired) electrons. The zero-order valence-corrected chi connectivity index (χ0v) is 15.5. The van der Waals surface area contributed by atoms with Gasteiger partial charge in [-0.05, 0) is 43.9 Å². The normalized spacial score (nSPS) is 23.5. The molecule has 1 saturated heterocycles. The van der Waals surface area contributed by atoms with Crippen molar-refractivity contribution < 1.29 is 28.2 Å². The molecule has 1 fully saturated rings. The molecule has 1 heterocycles. The van der Waals surface area contributed by atoms with E-state index in [1.807, 2.05) is 6.92 Å². The molecule has 0 spiro atoms. The molecule has 0 unspecified atom stereocenters. The Hall–Kier alpha value is -1.99. The van der Waals surface area contributed by atoms with Crippen LogP contribution in [0.5, 0.6) is 0 Å².